The summed E-state index contributed by atoms with van der Waals surface area (Å²) in [6.07, 6.45) is 0. The van der Waals surface area contributed by atoms with Gasteiger partial charge in [-0.25, -0.2) is 0 Å². The van der Waals surface area contributed by atoms with Gasteiger partial charge in [0.25, 0.3) is 0 Å². The van der Waals surface area contributed by atoms with Crippen molar-refractivity contribution in [3.8, 4) is 17.2 Å². The lowest BCUT2D eigenvalue weighted by molar-refractivity contribution is -0.145. The normalized spacial score (nSPS) is 26.3. The Labute approximate surface area is 135 Å². The second kappa shape index (κ2) is 5.58. The van der Waals surface area contributed by atoms with E-state index in [1.165, 1.54) is 0 Å². The number of methoxy groups -OCH3 is 3. The van der Waals surface area contributed by atoms with Crippen molar-refractivity contribution in [1.29, 1.82) is 0 Å². The number of carboxylic acid groups (broad SMARTS) is 1. The highest BCUT2D eigenvalue weighted by atomic mass is 16.5. The zero-order valence-electron chi connectivity index (χ0n) is 13.8. The van der Waals surface area contributed by atoms with Gasteiger partial charge in [0.2, 0.25) is 5.75 Å². The predicted octanol–water partition coefficient (Wildman–Crippen LogP) is 0.668. The number of carboxylic acids is 1. The Morgan fingerprint density at radius 3 is 2.57 bits per heavy atom. The summed E-state index contributed by atoms with van der Waals surface area (Å²) in [5.41, 5.74) is 0.902. The van der Waals surface area contributed by atoms with Crippen LogP contribution in [0, 0.1) is 0 Å². The van der Waals surface area contributed by atoms with Crippen molar-refractivity contribution in [3.63, 3.8) is 0 Å². The summed E-state index contributed by atoms with van der Waals surface area (Å²) in [5, 5.41) is 13.0. The van der Waals surface area contributed by atoms with E-state index in [-0.39, 0.29) is 5.92 Å². The van der Waals surface area contributed by atoms with Crippen molar-refractivity contribution in [2.24, 2.45) is 0 Å². The third-order valence-corrected chi connectivity index (χ3v) is 4.91. The summed E-state index contributed by atoms with van der Waals surface area (Å²) < 4.78 is 16.4. The fourth-order valence-electron chi connectivity index (χ4n) is 3.88. The number of aliphatic carboxylic acids is 1. The summed E-state index contributed by atoms with van der Waals surface area (Å²) in [6, 6.07) is 1.89. The Morgan fingerprint density at radius 1 is 1.30 bits per heavy atom. The van der Waals surface area contributed by atoms with Gasteiger partial charge in [-0.05, 0) is 18.7 Å². The largest absolute Gasteiger partial charge is 0.493 e. The number of likely N-dealkylation sites (N-methyl/N-ethyl adjacent to an activating group) is 1. The topological polar surface area (TPSA) is 80.3 Å². The van der Waals surface area contributed by atoms with E-state index >= 15 is 0 Å². The van der Waals surface area contributed by atoms with Crippen LogP contribution in [0.1, 0.15) is 17.0 Å². The Balaban J connectivity index is 2.21. The average Bonchev–Trinajstić information content (AvgIpc) is 2.90. The molecule has 23 heavy (non-hydrogen) atoms. The van der Waals surface area contributed by atoms with E-state index in [1.807, 2.05) is 18.0 Å². The van der Waals surface area contributed by atoms with Crippen molar-refractivity contribution in [1.82, 2.24) is 10.2 Å². The Kier molecular flexibility index (Phi) is 3.85. The fourth-order valence-corrected chi connectivity index (χ4v) is 3.88. The number of nitrogens with one attached hydrogen (secondary N) is 1. The summed E-state index contributed by atoms with van der Waals surface area (Å²) in [5.74, 6) is 0.681. The van der Waals surface area contributed by atoms with Gasteiger partial charge in [0.05, 0.1) is 21.3 Å². The smallest absolute Gasteiger partial charge is 0.325 e. The van der Waals surface area contributed by atoms with E-state index in [9.17, 15) is 9.90 Å². The minimum Gasteiger partial charge on any atom is -0.493 e. The van der Waals surface area contributed by atoms with Crippen LogP contribution in [0.3, 0.4) is 0 Å². The first-order valence-corrected chi connectivity index (χ1v) is 7.47. The van der Waals surface area contributed by atoms with Crippen LogP contribution >= 0.6 is 0 Å². The quantitative estimate of drug-likeness (QED) is 0.843. The molecular formula is C16H22N2O5. The molecule has 0 unspecified atom stereocenters. The first-order chi connectivity index (χ1) is 11.0. The van der Waals surface area contributed by atoms with Crippen molar-refractivity contribution in [2.45, 2.75) is 18.0 Å². The number of likely N-dealkylation sites (tertiary alicyclic amines) is 1. The molecule has 0 aromatic heterocycles. The molecule has 7 nitrogen and oxygen atoms in total. The third kappa shape index (κ3) is 2.14. The van der Waals surface area contributed by atoms with E-state index in [0.29, 0.717) is 36.9 Å². The molecule has 1 saturated heterocycles. The molecular weight excluding hydrogens is 300 g/mol. The minimum absolute atomic E-state index is 0.178. The first kappa shape index (κ1) is 15.9. The van der Waals surface area contributed by atoms with Crippen LogP contribution in [0.25, 0.3) is 0 Å². The number of hydrogen-bond acceptors (Lipinski definition) is 6. The van der Waals surface area contributed by atoms with Gasteiger partial charge in [0.1, 0.15) is 5.54 Å². The molecule has 0 spiro atoms. The molecule has 0 radical (unpaired) electrons. The number of fused-ring (bicyclic) bond motifs is 3. The predicted molar refractivity (Wildman–Crippen MR) is 83.5 cm³/mol. The van der Waals surface area contributed by atoms with Crippen molar-refractivity contribution in [2.75, 3.05) is 41.5 Å². The highest BCUT2D eigenvalue weighted by Gasteiger charge is 2.55. The summed E-state index contributed by atoms with van der Waals surface area (Å²) >= 11 is 0. The monoisotopic (exact) mass is 322 g/mol. The molecule has 0 amide bonds. The Morgan fingerprint density at radius 2 is 2.00 bits per heavy atom. The van der Waals surface area contributed by atoms with Crippen LogP contribution < -0.4 is 19.5 Å². The highest BCUT2D eigenvalue weighted by Crippen LogP contribution is 2.49. The van der Waals surface area contributed by atoms with Crippen molar-refractivity contribution < 1.29 is 24.1 Å². The van der Waals surface area contributed by atoms with Crippen molar-refractivity contribution in [3.05, 3.63) is 17.2 Å². The van der Waals surface area contributed by atoms with Crippen LogP contribution in [-0.2, 0) is 11.3 Å². The van der Waals surface area contributed by atoms with Crippen LogP contribution in [0.4, 0.5) is 0 Å². The van der Waals surface area contributed by atoms with Gasteiger partial charge in [-0.3, -0.25) is 10.1 Å². The molecule has 0 aliphatic carbocycles. The number of ether oxygens (including phenoxy) is 3. The second-order valence-electron chi connectivity index (χ2n) is 6.09. The lowest BCUT2D eigenvalue weighted by Crippen LogP contribution is -2.59. The molecule has 126 valence electrons. The van der Waals surface area contributed by atoms with Gasteiger partial charge in [-0.1, -0.05) is 0 Å². The summed E-state index contributed by atoms with van der Waals surface area (Å²) in [6.45, 7) is 1.53. The molecule has 3 rings (SSSR count). The fraction of sp³-hybridized carbons (Fsp3) is 0.562. The zero-order valence-corrected chi connectivity index (χ0v) is 13.8. The summed E-state index contributed by atoms with van der Waals surface area (Å²) in [7, 11) is 6.64. The zero-order chi connectivity index (χ0) is 16.8. The molecule has 2 atom stereocenters. The molecule has 1 aromatic carbocycles. The number of hydrogen-bond donors (Lipinski definition) is 2. The number of nitrogens with zero attached hydrogens (tertiary/aromatic N) is 1. The number of benzene rings is 1. The van der Waals surface area contributed by atoms with Gasteiger partial charge in [0.15, 0.2) is 11.5 Å². The van der Waals surface area contributed by atoms with Gasteiger partial charge in [0, 0.05) is 31.1 Å². The molecule has 7 heteroatoms. The SMILES string of the molecule is COc1cc2c(c(OC)c1OC)CN[C@]1(C(=O)O)CN(C)C[C@H]21. The molecule has 2 aliphatic rings. The maximum atomic E-state index is 12.0. The molecule has 1 aromatic rings. The van der Waals surface area contributed by atoms with E-state index < -0.39 is 11.5 Å². The molecule has 2 N–H and O–H groups in total. The van der Waals surface area contributed by atoms with Gasteiger partial charge < -0.3 is 24.2 Å². The minimum atomic E-state index is -0.980. The molecule has 1 fully saturated rings. The van der Waals surface area contributed by atoms with Gasteiger partial charge >= 0.3 is 5.97 Å². The van der Waals surface area contributed by atoms with Crippen molar-refractivity contribution >= 4 is 5.97 Å². The lowest BCUT2D eigenvalue weighted by Gasteiger charge is -2.38. The van der Waals surface area contributed by atoms with E-state index in [4.69, 9.17) is 14.2 Å². The number of rotatable bonds is 4. The molecule has 0 saturated carbocycles. The average molecular weight is 322 g/mol. The van der Waals surface area contributed by atoms with Crippen LogP contribution in [-0.4, -0.2) is 63.0 Å². The highest BCUT2D eigenvalue weighted by molar-refractivity contribution is 5.83. The standard InChI is InChI=1S/C16H22N2O5/c1-18-7-11-9-5-12(21-2)14(23-4)13(22-3)10(9)6-17-16(11,8-18)15(19)20/h5,11,17H,6-8H2,1-4H3,(H,19,20)/t11-,16-/m1/s1. The lowest BCUT2D eigenvalue weighted by atomic mass is 9.76. The second-order valence-corrected chi connectivity index (χ2v) is 6.09. The maximum absolute atomic E-state index is 12.0. The van der Waals surface area contributed by atoms with E-state index in [0.717, 1.165) is 11.1 Å². The van der Waals surface area contributed by atoms with E-state index in [2.05, 4.69) is 5.32 Å². The Hall–Kier alpha value is -1.99. The summed E-state index contributed by atoms with van der Waals surface area (Å²) in [4.78, 5) is 14.0. The third-order valence-electron chi connectivity index (χ3n) is 4.91. The number of carbonyl (C=O) groups is 1. The molecule has 0 bridgehead atoms. The first-order valence-electron chi connectivity index (χ1n) is 7.47. The maximum Gasteiger partial charge on any atom is 0.325 e. The van der Waals surface area contributed by atoms with Crippen LogP contribution in [0.15, 0.2) is 6.07 Å². The van der Waals surface area contributed by atoms with Gasteiger partial charge in [-0.15, -0.1) is 0 Å². The van der Waals surface area contributed by atoms with Crippen LogP contribution in [0.5, 0.6) is 17.2 Å². The van der Waals surface area contributed by atoms with Crippen LogP contribution in [0.2, 0.25) is 0 Å². The van der Waals surface area contributed by atoms with E-state index in [1.54, 1.807) is 21.3 Å². The Bertz CT molecular complexity index is 648. The molecule has 2 aliphatic heterocycles. The molecule has 2 heterocycles. The van der Waals surface area contributed by atoms with Gasteiger partial charge in [-0.2, -0.15) is 0 Å².